The number of hydrogen-bond acceptors (Lipinski definition) is 4. The average Bonchev–Trinajstić information content (AvgIpc) is 3.16. The Morgan fingerprint density at radius 1 is 1.06 bits per heavy atom. The van der Waals surface area contributed by atoms with Crippen LogP contribution in [0.4, 0.5) is 5.69 Å². The molecule has 7 heteroatoms. The fraction of sp³-hybridized carbons (Fsp3) is 0.214. The maximum Gasteiger partial charge on any atom is 0.267 e. The van der Waals surface area contributed by atoms with Gasteiger partial charge in [-0.05, 0) is 74.0 Å². The molecule has 0 unspecified atom stereocenters. The van der Waals surface area contributed by atoms with E-state index in [-0.39, 0.29) is 11.9 Å². The number of amidine groups is 1. The molecule has 180 valence electrons. The topological polar surface area (TPSA) is 41.9 Å². The highest BCUT2D eigenvalue weighted by molar-refractivity contribution is 8.18. The van der Waals surface area contributed by atoms with Gasteiger partial charge in [0.2, 0.25) is 0 Å². The summed E-state index contributed by atoms with van der Waals surface area (Å²) in [5.41, 5.74) is 3.72. The lowest BCUT2D eigenvalue weighted by Gasteiger charge is -2.22. The normalized spacial score (nSPS) is 16.8. The van der Waals surface area contributed by atoms with Crippen LogP contribution in [-0.2, 0) is 11.4 Å². The molecule has 1 aliphatic heterocycles. The molecular weight excluding hydrogens is 499 g/mol. The molecule has 4 nitrogen and oxygen atoms in total. The molecular formula is C28H26Cl2N2O2S. The Labute approximate surface area is 220 Å². The lowest BCUT2D eigenvalue weighted by atomic mass is 10.1. The summed E-state index contributed by atoms with van der Waals surface area (Å²) in [5.74, 6) is 0.632. The first-order valence-electron chi connectivity index (χ1n) is 11.4. The van der Waals surface area contributed by atoms with Crippen molar-refractivity contribution in [3.8, 4) is 5.75 Å². The summed E-state index contributed by atoms with van der Waals surface area (Å²) in [7, 11) is 0. The van der Waals surface area contributed by atoms with Gasteiger partial charge in [0.1, 0.15) is 12.4 Å². The summed E-state index contributed by atoms with van der Waals surface area (Å²) in [6.45, 7) is 6.48. The van der Waals surface area contributed by atoms with Crippen LogP contribution in [0.1, 0.15) is 37.0 Å². The number of amides is 1. The van der Waals surface area contributed by atoms with Crippen molar-refractivity contribution < 1.29 is 9.53 Å². The van der Waals surface area contributed by atoms with E-state index in [0.29, 0.717) is 32.5 Å². The zero-order valence-corrected chi connectivity index (χ0v) is 22.1. The van der Waals surface area contributed by atoms with Crippen molar-refractivity contribution in [3.63, 3.8) is 0 Å². The predicted octanol–water partition coefficient (Wildman–Crippen LogP) is 8.28. The van der Waals surface area contributed by atoms with E-state index in [2.05, 4.69) is 6.92 Å². The Morgan fingerprint density at radius 2 is 1.80 bits per heavy atom. The van der Waals surface area contributed by atoms with E-state index < -0.39 is 0 Å². The minimum atomic E-state index is -0.0468. The van der Waals surface area contributed by atoms with Gasteiger partial charge in [-0.15, -0.1) is 0 Å². The number of rotatable bonds is 7. The van der Waals surface area contributed by atoms with Crippen LogP contribution in [0.2, 0.25) is 10.0 Å². The van der Waals surface area contributed by atoms with E-state index in [4.69, 9.17) is 32.9 Å². The van der Waals surface area contributed by atoms with Crippen LogP contribution in [0.15, 0.2) is 76.6 Å². The molecule has 1 amide bonds. The fourth-order valence-corrected chi connectivity index (χ4v) is 4.93. The number of ether oxygens (including phenoxy) is 1. The number of thioether (sulfide) groups is 1. The van der Waals surface area contributed by atoms with Crippen LogP contribution in [-0.4, -0.2) is 22.0 Å². The molecule has 0 aromatic heterocycles. The third-order valence-electron chi connectivity index (χ3n) is 5.71. The van der Waals surface area contributed by atoms with Gasteiger partial charge in [0.25, 0.3) is 5.91 Å². The number of halogens is 2. The monoisotopic (exact) mass is 524 g/mol. The number of hydrogen-bond donors (Lipinski definition) is 0. The predicted molar refractivity (Wildman–Crippen MR) is 148 cm³/mol. The van der Waals surface area contributed by atoms with Gasteiger partial charge in [-0.25, -0.2) is 4.99 Å². The van der Waals surface area contributed by atoms with Gasteiger partial charge in [-0.3, -0.25) is 9.69 Å². The van der Waals surface area contributed by atoms with Crippen molar-refractivity contribution in [3.05, 3.63) is 98.4 Å². The van der Waals surface area contributed by atoms with Crippen molar-refractivity contribution >= 4 is 57.8 Å². The molecule has 0 aliphatic carbocycles. The summed E-state index contributed by atoms with van der Waals surface area (Å²) in [6.07, 6.45) is 2.71. The van der Waals surface area contributed by atoms with Crippen LogP contribution < -0.4 is 4.74 Å². The Balaban J connectivity index is 1.61. The van der Waals surface area contributed by atoms with E-state index in [1.807, 2.05) is 74.5 Å². The first kappa shape index (κ1) is 25.4. The quantitative estimate of drug-likeness (QED) is 0.292. The second-order valence-electron chi connectivity index (χ2n) is 8.35. The van der Waals surface area contributed by atoms with Crippen LogP contribution >= 0.6 is 35.0 Å². The Kier molecular flexibility index (Phi) is 8.22. The second kappa shape index (κ2) is 11.3. The summed E-state index contributed by atoms with van der Waals surface area (Å²) in [5, 5.41) is 1.68. The van der Waals surface area contributed by atoms with E-state index >= 15 is 0 Å². The molecule has 1 heterocycles. The van der Waals surface area contributed by atoms with Crippen LogP contribution in [0.25, 0.3) is 6.08 Å². The van der Waals surface area contributed by atoms with Crippen LogP contribution in [0, 0.1) is 6.92 Å². The molecule has 3 aromatic rings. The fourth-order valence-electron chi connectivity index (χ4n) is 3.53. The lowest BCUT2D eigenvalue weighted by molar-refractivity contribution is -0.123. The van der Waals surface area contributed by atoms with Gasteiger partial charge in [-0.2, -0.15) is 0 Å². The van der Waals surface area contributed by atoms with Crippen molar-refractivity contribution in [1.29, 1.82) is 0 Å². The molecule has 0 radical (unpaired) electrons. The largest absolute Gasteiger partial charge is 0.488 e. The van der Waals surface area contributed by atoms with Crippen molar-refractivity contribution in [2.75, 3.05) is 0 Å². The molecule has 1 fully saturated rings. The smallest absolute Gasteiger partial charge is 0.267 e. The van der Waals surface area contributed by atoms with Crippen molar-refractivity contribution in [2.45, 2.75) is 39.8 Å². The first-order valence-corrected chi connectivity index (χ1v) is 13.0. The van der Waals surface area contributed by atoms with Gasteiger partial charge in [0, 0.05) is 11.6 Å². The summed E-state index contributed by atoms with van der Waals surface area (Å²) >= 11 is 13.5. The Hall–Kier alpha value is -2.73. The highest BCUT2D eigenvalue weighted by atomic mass is 35.5. The highest BCUT2D eigenvalue weighted by Gasteiger charge is 2.36. The van der Waals surface area contributed by atoms with Crippen LogP contribution in [0.3, 0.4) is 0 Å². The number of carbonyl (C=O) groups excluding carboxylic acids is 1. The van der Waals surface area contributed by atoms with Gasteiger partial charge in [-0.1, -0.05) is 72.1 Å². The molecule has 0 spiro atoms. The van der Waals surface area contributed by atoms with E-state index in [1.165, 1.54) is 17.3 Å². The number of aliphatic imine (C=N–C) groups is 1. The lowest BCUT2D eigenvalue weighted by Crippen LogP contribution is -2.36. The zero-order valence-electron chi connectivity index (χ0n) is 19.8. The number of aryl methyl sites for hydroxylation is 1. The number of nitrogens with zero attached hydrogens (tertiary/aromatic N) is 2. The van der Waals surface area contributed by atoms with Gasteiger partial charge in [0.15, 0.2) is 5.17 Å². The summed E-state index contributed by atoms with van der Waals surface area (Å²) < 4.78 is 6.08. The van der Waals surface area contributed by atoms with Gasteiger partial charge >= 0.3 is 0 Å². The van der Waals surface area contributed by atoms with Gasteiger partial charge < -0.3 is 4.74 Å². The van der Waals surface area contributed by atoms with Crippen molar-refractivity contribution in [2.24, 2.45) is 4.99 Å². The summed E-state index contributed by atoms with van der Waals surface area (Å²) in [6, 6.07) is 21.1. The first-order chi connectivity index (χ1) is 16.9. The molecule has 35 heavy (non-hydrogen) atoms. The molecule has 1 aliphatic rings. The second-order valence-corrected chi connectivity index (χ2v) is 10.2. The third-order valence-corrected chi connectivity index (χ3v) is 7.43. The molecule has 3 aromatic carbocycles. The number of benzene rings is 3. The summed E-state index contributed by atoms with van der Waals surface area (Å²) in [4.78, 5) is 20.6. The Bertz CT molecular complexity index is 1290. The third kappa shape index (κ3) is 6.10. The molecule has 0 N–H and O–H groups in total. The van der Waals surface area contributed by atoms with Gasteiger partial charge in [0.05, 0.1) is 20.6 Å². The number of para-hydroxylation sites is 1. The van der Waals surface area contributed by atoms with E-state index in [9.17, 15) is 4.79 Å². The van der Waals surface area contributed by atoms with Crippen LogP contribution in [0.5, 0.6) is 5.75 Å². The molecule has 1 atom stereocenters. The molecule has 4 rings (SSSR count). The maximum absolute atomic E-state index is 13.4. The molecule has 0 bridgehead atoms. The van der Waals surface area contributed by atoms with E-state index in [0.717, 1.165) is 23.2 Å². The minimum Gasteiger partial charge on any atom is -0.488 e. The SMILES string of the molecule is CC[C@H](C)N1C(=O)/C(=C\c2ccccc2OCc2ccc(Cl)c(Cl)c2)SC1=Nc1ccc(C)cc1. The number of carbonyl (C=O) groups is 1. The molecule has 1 saturated heterocycles. The Morgan fingerprint density at radius 3 is 2.51 bits per heavy atom. The van der Waals surface area contributed by atoms with E-state index in [1.54, 1.807) is 17.0 Å². The highest BCUT2D eigenvalue weighted by Crippen LogP contribution is 2.37. The minimum absolute atomic E-state index is 0.0336. The maximum atomic E-state index is 13.4. The molecule has 0 saturated carbocycles. The standard InChI is InChI=1S/C28H26Cl2N2O2S/c1-4-19(3)32-27(33)26(35-28(32)31-22-12-9-18(2)10-13-22)16-21-7-5-6-8-25(21)34-17-20-11-14-23(29)24(30)15-20/h5-16,19H,4,17H2,1-3H3/b26-16+,31-28?/t19-/m0/s1. The zero-order chi connectivity index (χ0) is 24.9. The average molecular weight is 526 g/mol. The van der Waals surface area contributed by atoms with Crippen molar-refractivity contribution in [1.82, 2.24) is 4.90 Å².